The number of nitrogens with one attached hydrogen (secondary N) is 1. The van der Waals surface area contributed by atoms with Gasteiger partial charge in [0.25, 0.3) is 0 Å². The lowest BCUT2D eigenvalue weighted by atomic mass is 10.2. The SMILES string of the molecule is NC(=S)c1ccc(NC(=O)CCOC2CCCC2)cc1. The van der Waals surface area contributed by atoms with Crippen molar-refractivity contribution in [1.82, 2.24) is 0 Å². The van der Waals surface area contributed by atoms with Crippen LogP contribution in [0.5, 0.6) is 0 Å². The second-order valence-corrected chi connectivity index (χ2v) is 5.46. The van der Waals surface area contributed by atoms with Gasteiger partial charge in [-0.25, -0.2) is 0 Å². The van der Waals surface area contributed by atoms with Crippen molar-refractivity contribution in [3.05, 3.63) is 29.8 Å². The van der Waals surface area contributed by atoms with E-state index < -0.39 is 0 Å². The van der Waals surface area contributed by atoms with Crippen molar-refractivity contribution in [3.63, 3.8) is 0 Å². The number of carbonyl (C=O) groups is 1. The minimum Gasteiger partial charge on any atom is -0.389 e. The normalized spacial score (nSPS) is 15.2. The molecule has 0 aliphatic heterocycles. The van der Waals surface area contributed by atoms with Crippen LogP contribution in [0, 0.1) is 0 Å². The van der Waals surface area contributed by atoms with Gasteiger partial charge in [0, 0.05) is 11.3 Å². The highest BCUT2D eigenvalue weighted by Crippen LogP contribution is 2.20. The molecular formula is C15H20N2O2S. The molecule has 4 nitrogen and oxygen atoms in total. The smallest absolute Gasteiger partial charge is 0.226 e. The standard InChI is InChI=1S/C15H20N2O2S/c16-15(20)11-5-7-12(8-6-11)17-14(18)9-10-19-13-3-1-2-4-13/h5-8,13H,1-4,9-10H2,(H2,16,20)(H,17,18). The van der Waals surface area contributed by atoms with E-state index in [1.807, 2.05) is 0 Å². The highest BCUT2D eigenvalue weighted by atomic mass is 32.1. The molecule has 0 heterocycles. The molecule has 0 atom stereocenters. The van der Waals surface area contributed by atoms with Gasteiger partial charge in [-0.05, 0) is 37.1 Å². The molecule has 1 aliphatic rings. The molecule has 1 fully saturated rings. The van der Waals surface area contributed by atoms with Crippen molar-refractivity contribution in [1.29, 1.82) is 0 Å². The third kappa shape index (κ3) is 4.58. The van der Waals surface area contributed by atoms with Crippen molar-refractivity contribution in [2.24, 2.45) is 5.73 Å². The Hall–Kier alpha value is -1.46. The summed E-state index contributed by atoms with van der Waals surface area (Å²) in [4.78, 5) is 12.1. The number of amides is 1. The molecule has 1 aromatic carbocycles. The molecule has 1 amide bonds. The summed E-state index contributed by atoms with van der Waals surface area (Å²) in [6.45, 7) is 0.488. The predicted octanol–water partition coefficient (Wildman–Crippen LogP) is 2.61. The van der Waals surface area contributed by atoms with Gasteiger partial charge in [-0.1, -0.05) is 25.1 Å². The maximum Gasteiger partial charge on any atom is 0.226 e. The molecule has 0 saturated heterocycles. The number of thiocarbonyl (C=S) groups is 1. The zero-order valence-electron chi connectivity index (χ0n) is 11.4. The minimum absolute atomic E-state index is 0.0360. The second kappa shape index (κ2) is 7.36. The van der Waals surface area contributed by atoms with Gasteiger partial charge in [0.2, 0.25) is 5.91 Å². The summed E-state index contributed by atoms with van der Waals surface area (Å²) in [5, 5.41) is 2.83. The number of ether oxygens (including phenoxy) is 1. The van der Waals surface area contributed by atoms with E-state index in [9.17, 15) is 4.79 Å². The second-order valence-electron chi connectivity index (χ2n) is 5.02. The van der Waals surface area contributed by atoms with E-state index in [1.54, 1.807) is 24.3 Å². The molecule has 0 bridgehead atoms. The predicted molar refractivity (Wildman–Crippen MR) is 83.8 cm³/mol. The van der Waals surface area contributed by atoms with Gasteiger partial charge < -0.3 is 15.8 Å². The van der Waals surface area contributed by atoms with Gasteiger partial charge >= 0.3 is 0 Å². The van der Waals surface area contributed by atoms with Gasteiger partial charge in [0.1, 0.15) is 4.99 Å². The lowest BCUT2D eigenvalue weighted by molar-refractivity contribution is -0.117. The summed E-state index contributed by atoms with van der Waals surface area (Å²) in [6.07, 6.45) is 5.48. The fourth-order valence-electron chi connectivity index (χ4n) is 2.31. The fraction of sp³-hybridized carbons (Fsp3) is 0.467. The maximum atomic E-state index is 11.8. The summed E-state index contributed by atoms with van der Waals surface area (Å²) >= 11 is 4.88. The van der Waals surface area contributed by atoms with Crippen LogP contribution in [-0.2, 0) is 9.53 Å². The van der Waals surface area contributed by atoms with Gasteiger partial charge in [-0.3, -0.25) is 4.79 Å². The molecule has 0 unspecified atom stereocenters. The third-order valence-corrected chi connectivity index (χ3v) is 3.67. The first kappa shape index (κ1) is 14.9. The Morgan fingerprint density at radius 1 is 1.30 bits per heavy atom. The van der Waals surface area contributed by atoms with Gasteiger partial charge in [0.15, 0.2) is 0 Å². The molecule has 0 aromatic heterocycles. The van der Waals surface area contributed by atoms with Crippen LogP contribution in [0.2, 0.25) is 0 Å². The number of hydrogen-bond donors (Lipinski definition) is 2. The van der Waals surface area contributed by atoms with Crippen LogP contribution in [0.25, 0.3) is 0 Å². The Morgan fingerprint density at radius 2 is 1.95 bits per heavy atom. The lowest BCUT2D eigenvalue weighted by Gasteiger charge is -2.11. The van der Waals surface area contributed by atoms with E-state index in [-0.39, 0.29) is 5.91 Å². The number of hydrogen-bond acceptors (Lipinski definition) is 3. The monoisotopic (exact) mass is 292 g/mol. The van der Waals surface area contributed by atoms with E-state index in [0.29, 0.717) is 24.1 Å². The summed E-state index contributed by atoms with van der Waals surface area (Å²) in [7, 11) is 0. The Bertz CT molecular complexity index is 467. The van der Waals surface area contributed by atoms with Gasteiger partial charge in [-0.2, -0.15) is 0 Å². The molecule has 1 aromatic rings. The molecular weight excluding hydrogens is 272 g/mol. The average Bonchev–Trinajstić information content (AvgIpc) is 2.92. The summed E-state index contributed by atoms with van der Waals surface area (Å²) in [6, 6.07) is 7.19. The fourth-order valence-corrected chi connectivity index (χ4v) is 2.45. The first-order valence-corrected chi connectivity index (χ1v) is 7.37. The van der Waals surface area contributed by atoms with Crippen LogP contribution in [0.15, 0.2) is 24.3 Å². The Kier molecular flexibility index (Phi) is 5.49. The van der Waals surface area contributed by atoms with Crippen molar-refractivity contribution in [2.45, 2.75) is 38.2 Å². The highest BCUT2D eigenvalue weighted by molar-refractivity contribution is 7.80. The highest BCUT2D eigenvalue weighted by Gasteiger charge is 2.15. The Morgan fingerprint density at radius 3 is 2.55 bits per heavy atom. The molecule has 1 aliphatic carbocycles. The van der Waals surface area contributed by atoms with Crippen LogP contribution < -0.4 is 11.1 Å². The van der Waals surface area contributed by atoms with E-state index in [1.165, 1.54) is 12.8 Å². The average molecular weight is 292 g/mol. The van der Waals surface area contributed by atoms with E-state index in [4.69, 9.17) is 22.7 Å². The number of benzene rings is 1. The van der Waals surface area contributed by atoms with E-state index >= 15 is 0 Å². The first-order valence-electron chi connectivity index (χ1n) is 6.96. The van der Waals surface area contributed by atoms with E-state index in [0.717, 1.165) is 24.1 Å². The van der Waals surface area contributed by atoms with Crippen LogP contribution >= 0.6 is 12.2 Å². The molecule has 5 heteroatoms. The van der Waals surface area contributed by atoms with Gasteiger partial charge in [0.05, 0.1) is 19.1 Å². The Labute approximate surface area is 124 Å². The third-order valence-electron chi connectivity index (χ3n) is 3.44. The van der Waals surface area contributed by atoms with Crippen LogP contribution in [-0.4, -0.2) is 23.6 Å². The van der Waals surface area contributed by atoms with E-state index in [2.05, 4.69) is 5.32 Å². The van der Waals surface area contributed by atoms with Crippen molar-refractivity contribution < 1.29 is 9.53 Å². The zero-order chi connectivity index (χ0) is 14.4. The minimum atomic E-state index is -0.0360. The van der Waals surface area contributed by atoms with Crippen molar-refractivity contribution in [3.8, 4) is 0 Å². The summed E-state index contributed by atoms with van der Waals surface area (Å²) < 4.78 is 5.67. The molecule has 20 heavy (non-hydrogen) atoms. The van der Waals surface area contributed by atoms with Crippen LogP contribution in [0.1, 0.15) is 37.7 Å². The molecule has 0 radical (unpaired) electrons. The van der Waals surface area contributed by atoms with Gasteiger partial charge in [-0.15, -0.1) is 0 Å². The lowest BCUT2D eigenvalue weighted by Crippen LogP contribution is -2.17. The molecule has 108 valence electrons. The number of rotatable bonds is 6. The van der Waals surface area contributed by atoms with Crippen molar-refractivity contribution >= 4 is 28.8 Å². The molecule has 2 rings (SSSR count). The summed E-state index contributed by atoms with van der Waals surface area (Å²) in [5.74, 6) is -0.0360. The number of nitrogens with two attached hydrogens (primary N) is 1. The maximum absolute atomic E-state index is 11.8. The van der Waals surface area contributed by atoms with Crippen LogP contribution in [0.3, 0.4) is 0 Å². The summed E-state index contributed by atoms with van der Waals surface area (Å²) in [5.41, 5.74) is 7.06. The Balaban J connectivity index is 1.71. The molecule has 0 spiro atoms. The molecule has 3 N–H and O–H groups in total. The zero-order valence-corrected chi connectivity index (χ0v) is 12.2. The number of carbonyl (C=O) groups excluding carboxylic acids is 1. The number of anilines is 1. The largest absolute Gasteiger partial charge is 0.389 e. The quantitative estimate of drug-likeness (QED) is 0.791. The molecule has 1 saturated carbocycles. The topological polar surface area (TPSA) is 64.3 Å². The van der Waals surface area contributed by atoms with Crippen LogP contribution in [0.4, 0.5) is 5.69 Å². The first-order chi connectivity index (χ1) is 9.65. The van der Waals surface area contributed by atoms with Crippen molar-refractivity contribution in [2.75, 3.05) is 11.9 Å².